The van der Waals surface area contributed by atoms with Gasteiger partial charge in [-0.3, -0.25) is 0 Å². The van der Waals surface area contributed by atoms with Crippen LogP contribution in [0.1, 0.15) is 5.82 Å². The zero-order chi connectivity index (χ0) is 14.0. The molecule has 0 N–H and O–H groups in total. The van der Waals surface area contributed by atoms with E-state index in [0.717, 1.165) is 10.7 Å². The summed E-state index contributed by atoms with van der Waals surface area (Å²) in [5.74, 6) is -1.16. The van der Waals surface area contributed by atoms with E-state index in [0.29, 0.717) is 6.61 Å². The first-order valence-electron chi connectivity index (χ1n) is 5.35. The van der Waals surface area contributed by atoms with Crippen LogP contribution in [-0.2, 0) is 17.6 Å². The monoisotopic (exact) mass is 345 g/mol. The lowest BCUT2D eigenvalue weighted by Gasteiger charge is -2.15. The highest BCUT2D eigenvalue weighted by Crippen LogP contribution is 2.27. The maximum Gasteiger partial charge on any atom is 0.453 e. The van der Waals surface area contributed by atoms with E-state index in [9.17, 15) is 13.2 Å². The fourth-order valence-corrected chi connectivity index (χ4v) is 2.16. The quantitative estimate of drug-likeness (QED) is 0.606. The van der Waals surface area contributed by atoms with Gasteiger partial charge in [-0.05, 0) is 22.0 Å². The van der Waals surface area contributed by atoms with Gasteiger partial charge in [0, 0.05) is 14.7 Å². The van der Waals surface area contributed by atoms with Gasteiger partial charge in [0.2, 0.25) is 0 Å². The SMILES string of the molecule is C[Si](C)(C)CCOCn1nc(C(F)(F)F)nc1Br. The zero-order valence-corrected chi connectivity index (χ0v) is 13.0. The third kappa shape index (κ3) is 5.07. The number of halogens is 4. The molecular weight excluding hydrogens is 331 g/mol. The van der Waals surface area contributed by atoms with Crippen molar-refractivity contribution in [2.75, 3.05) is 6.61 Å². The lowest BCUT2D eigenvalue weighted by molar-refractivity contribution is -0.145. The summed E-state index contributed by atoms with van der Waals surface area (Å²) < 4.78 is 43.4. The lowest BCUT2D eigenvalue weighted by Crippen LogP contribution is -2.22. The Kier molecular flexibility index (Phi) is 4.95. The van der Waals surface area contributed by atoms with E-state index >= 15 is 0 Å². The Bertz CT molecular complexity index is 403. The van der Waals surface area contributed by atoms with Crippen LogP contribution in [0.15, 0.2) is 4.73 Å². The number of ether oxygens (including phenoxy) is 1. The number of aromatic nitrogens is 3. The second-order valence-electron chi connectivity index (χ2n) is 5.05. The number of alkyl halides is 3. The molecule has 9 heteroatoms. The van der Waals surface area contributed by atoms with Crippen LogP contribution in [0.3, 0.4) is 0 Å². The molecule has 0 spiro atoms. The van der Waals surface area contributed by atoms with E-state index in [4.69, 9.17) is 4.74 Å². The average Bonchev–Trinajstić information content (AvgIpc) is 2.53. The van der Waals surface area contributed by atoms with Crippen molar-refractivity contribution in [3.05, 3.63) is 10.6 Å². The van der Waals surface area contributed by atoms with Gasteiger partial charge in [-0.1, -0.05) is 19.6 Å². The Morgan fingerprint density at radius 1 is 1.33 bits per heavy atom. The molecule has 0 atom stereocenters. The maximum absolute atomic E-state index is 12.3. The smallest absolute Gasteiger partial charge is 0.359 e. The summed E-state index contributed by atoms with van der Waals surface area (Å²) in [4.78, 5) is 3.28. The van der Waals surface area contributed by atoms with Crippen molar-refractivity contribution in [3.63, 3.8) is 0 Å². The van der Waals surface area contributed by atoms with Gasteiger partial charge < -0.3 is 4.74 Å². The third-order valence-corrected chi connectivity index (χ3v) is 4.38. The van der Waals surface area contributed by atoms with E-state index in [1.165, 1.54) is 0 Å². The van der Waals surface area contributed by atoms with Crippen LogP contribution in [-0.4, -0.2) is 29.4 Å². The molecule has 0 unspecified atom stereocenters. The Labute approximate surface area is 113 Å². The van der Waals surface area contributed by atoms with Crippen LogP contribution in [0, 0.1) is 0 Å². The van der Waals surface area contributed by atoms with Gasteiger partial charge in [0.25, 0.3) is 5.82 Å². The molecule has 0 amide bonds. The summed E-state index contributed by atoms with van der Waals surface area (Å²) in [6.07, 6.45) is -4.54. The average molecular weight is 346 g/mol. The molecule has 0 aromatic carbocycles. The lowest BCUT2D eigenvalue weighted by atomic mass is 10.6. The van der Waals surface area contributed by atoms with Crippen LogP contribution in [0.4, 0.5) is 13.2 Å². The number of hydrogen-bond acceptors (Lipinski definition) is 3. The van der Waals surface area contributed by atoms with E-state index in [1.807, 2.05) is 0 Å². The number of rotatable bonds is 5. The fourth-order valence-electron chi connectivity index (χ4n) is 1.05. The largest absolute Gasteiger partial charge is 0.453 e. The molecule has 0 saturated carbocycles. The Balaban J connectivity index is 2.51. The molecule has 1 aromatic rings. The van der Waals surface area contributed by atoms with E-state index in [1.54, 1.807) is 0 Å². The Morgan fingerprint density at radius 2 is 1.94 bits per heavy atom. The fraction of sp³-hybridized carbons (Fsp3) is 0.778. The van der Waals surface area contributed by atoms with Crippen molar-refractivity contribution in [3.8, 4) is 0 Å². The minimum atomic E-state index is -4.54. The van der Waals surface area contributed by atoms with Gasteiger partial charge in [0.05, 0.1) is 0 Å². The Hall–Kier alpha value is -0.413. The van der Waals surface area contributed by atoms with Gasteiger partial charge in [0.1, 0.15) is 6.73 Å². The normalized spacial score (nSPS) is 13.1. The van der Waals surface area contributed by atoms with Crippen molar-refractivity contribution in [1.29, 1.82) is 0 Å². The van der Waals surface area contributed by atoms with Crippen molar-refractivity contribution in [2.45, 2.75) is 38.6 Å². The predicted molar refractivity (Wildman–Crippen MR) is 66.8 cm³/mol. The molecular formula is C9H15BrF3N3OSi. The molecule has 0 fully saturated rings. The first-order valence-corrected chi connectivity index (χ1v) is 9.85. The molecule has 0 aliphatic rings. The van der Waals surface area contributed by atoms with Gasteiger partial charge >= 0.3 is 6.18 Å². The van der Waals surface area contributed by atoms with Gasteiger partial charge in [0.15, 0.2) is 4.73 Å². The molecule has 0 radical (unpaired) electrons. The zero-order valence-electron chi connectivity index (χ0n) is 10.4. The van der Waals surface area contributed by atoms with Crippen molar-refractivity contribution in [1.82, 2.24) is 14.8 Å². The summed E-state index contributed by atoms with van der Waals surface area (Å²) in [6.45, 7) is 7.08. The second kappa shape index (κ2) is 5.70. The molecule has 0 bridgehead atoms. The van der Waals surface area contributed by atoms with Crippen LogP contribution in [0.5, 0.6) is 0 Å². The minimum Gasteiger partial charge on any atom is -0.359 e. The van der Waals surface area contributed by atoms with Crippen LogP contribution < -0.4 is 0 Å². The molecule has 1 heterocycles. The van der Waals surface area contributed by atoms with Gasteiger partial charge in [-0.15, -0.1) is 5.10 Å². The van der Waals surface area contributed by atoms with Crippen molar-refractivity contribution in [2.24, 2.45) is 0 Å². The summed E-state index contributed by atoms with van der Waals surface area (Å²) in [5, 5.41) is 3.34. The molecule has 0 aliphatic heterocycles. The van der Waals surface area contributed by atoms with Gasteiger partial charge in [-0.2, -0.15) is 18.2 Å². The summed E-state index contributed by atoms with van der Waals surface area (Å²) in [5.41, 5.74) is 0. The first-order chi connectivity index (χ1) is 8.09. The molecule has 4 nitrogen and oxygen atoms in total. The molecule has 1 rings (SSSR count). The van der Waals surface area contributed by atoms with E-state index in [-0.39, 0.29) is 11.5 Å². The first kappa shape index (κ1) is 15.6. The standard InChI is InChI=1S/C9H15BrF3N3OSi/c1-18(2,3)5-4-17-6-16-8(10)14-7(15-16)9(11,12)13/h4-6H2,1-3H3. The molecule has 0 aliphatic carbocycles. The molecule has 1 aromatic heterocycles. The van der Waals surface area contributed by atoms with Crippen molar-refractivity contribution >= 4 is 24.0 Å². The molecule has 104 valence electrons. The molecule has 0 saturated heterocycles. The maximum atomic E-state index is 12.3. The van der Waals surface area contributed by atoms with Crippen molar-refractivity contribution < 1.29 is 17.9 Å². The van der Waals surface area contributed by atoms with E-state index < -0.39 is 20.1 Å². The summed E-state index contributed by atoms with van der Waals surface area (Å²) >= 11 is 2.92. The highest BCUT2D eigenvalue weighted by molar-refractivity contribution is 9.10. The Morgan fingerprint density at radius 3 is 2.39 bits per heavy atom. The van der Waals surface area contributed by atoms with Gasteiger partial charge in [-0.25, -0.2) is 4.68 Å². The molecule has 18 heavy (non-hydrogen) atoms. The second-order valence-corrected chi connectivity index (χ2v) is 11.4. The number of nitrogens with zero attached hydrogens (tertiary/aromatic N) is 3. The third-order valence-electron chi connectivity index (χ3n) is 2.09. The van der Waals surface area contributed by atoms with Crippen LogP contribution in [0.2, 0.25) is 25.7 Å². The minimum absolute atomic E-state index is 0.0165. The summed E-state index contributed by atoms with van der Waals surface area (Å²) in [6, 6.07) is 0.950. The van der Waals surface area contributed by atoms with Crippen LogP contribution >= 0.6 is 15.9 Å². The topological polar surface area (TPSA) is 39.9 Å². The summed E-state index contributed by atoms with van der Waals surface area (Å²) in [7, 11) is -1.20. The van der Waals surface area contributed by atoms with Crippen LogP contribution in [0.25, 0.3) is 0 Å². The predicted octanol–water partition coefficient (Wildman–Crippen LogP) is 3.37. The highest BCUT2D eigenvalue weighted by atomic mass is 79.9. The van der Waals surface area contributed by atoms with E-state index in [2.05, 4.69) is 45.7 Å². The highest BCUT2D eigenvalue weighted by Gasteiger charge is 2.36. The number of hydrogen-bond donors (Lipinski definition) is 0.